The molecule has 0 radical (unpaired) electrons. The molecule has 0 saturated carbocycles. The van der Waals surface area contributed by atoms with Crippen molar-refractivity contribution in [3.8, 4) is 0 Å². The SMILES string of the molecule is CC1(C)CCN(C(=O)C2(C)CCCO2)C1. The molecule has 1 unspecified atom stereocenters. The summed E-state index contributed by atoms with van der Waals surface area (Å²) in [6, 6.07) is 0. The number of hydrogen-bond acceptors (Lipinski definition) is 2. The normalized spacial score (nSPS) is 34.7. The summed E-state index contributed by atoms with van der Waals surface area (Å²) in [5.74, 6) is 0.200. The third-order valence-electron chi connectivity index (χ3n) is 3.64. The van der Waals surface area contributed by atoms with Gasteiger partial charge in [-0.1, -0.05) is 13.8 Å². The topological polar surface area (TPSA) is 29.5 Å². The quantitative estimate of drug-likeness (QED) is 0.662. The maximum atomic E-state index is 12.3. The summed E-state index contributed by atoms with van der Waals surface area (Å²) >= 11 is 0. The van der Waals surface area contributed by atoms with Crippen molar-refractivity contribution < 1.29 is 9.53 Å². The summed E-state index contributed by atoms with van der Waals surface area (Å²) in [7, 11) is 0. The fourth-order valence-electron chi connectivity index (χ4n) is 2.57. The van der Waals surface area contributed by atoms with Gasteiger partial charge in [-0.05, 0) is 31.6 Å². The molecule has 3 nitrogen and oxygen atoms in total. The lowest BCUT2D eigenvalue weighted by atomic mass is 9.93. The van der Waals surface area contributed by atoms with Crippen molar-refractivity contribution in [2.75, 3.05) is 19.7 Å². The van der Waals surface area contributed by atoms with E-state index in [9.17, 15) is 4.79 Å². The van der Waals surface area contributed by atoms with Crippen LogP contribution in [0, 0.1) is 5.41 Å². The Bertz CT molecular complexity index is 267. The number of likely N-dealkylation sites (tertiary alicyclic amines) is 1. The lowest BCUT2D eigenvalue weighted by Crippen LogP contribution is -2.46. The zero-order valence-electron chi connectivity index (χ0n) is 10.0. The van der Waals surface area contributed by atoms with Crippen molar-refractivity contribution in [2.45, 2.75) is 45.6 Å². The van der Waals surface area contributed by atoms with Gasteiger partial charge >= 0.3 is 0 Å². The first-order chi connectivity index (χ1) is 6.93. The Hall–Kier alpha value is -0.570. The molecule has 0 aliphatic carbocycles. The Kier molecular flexibility index (Phi) is 2.53. The second kappa shape index (κ2) is 3.48. The molecule has 2 aliphatic rings. The van der Waals surface area contributed by atoms with Crippen molar-refractivity contribution in [3.05, 3.63) is 0 Å². The molecule has 0 bridgehead atoms. The number of ether oxygens (including phenoxy) is 1. The molecule has 2 saturated heterocycles. The maximum Gasteiger partial charge on any atom is 0.254 e. The van der Waals surface area contributed by atoms with E-state index in [2.05, 4.69) is 13.8 Å². The first-order valence-electron chi connectivity index (χ1n) is 5.86. The number of carbonyl (C=O) groups is 1. The molecule has 3 heteroatoms. The molecule has 15 heavy (non-hydrogen) atoms. The standard InChI is InChI=1S/C12H21NO2/c1-11(2)6-7-13(9-11)10(14)12(3)5-4-8-15-12/h4-9H2,1-3H3. The summed E-state index contributed by atoms with van der Waals surface area (Å²) in [6.45, 7) is 8.89. The van der Waals surface area contributed by atoms with Gasteiger partial charge in [0, 0.05) is 19.7 Å². The second-order valence-corrected chi connectivity index (χ2v) is 5.82. The monoisotopic (exact) mass is 211 g/mol. The van der Waals surface area contributed by atoms with Gasteiger partial charge in [0.1, 0.15) is 5.60 Å². The van der Waals surface area contributed by atoms with Gasteiger partial charge in [-0.15, -0.1) is 0 Å². The van der Waals surface area contributed by atoms with Gasteiger partial charge in [-0.2, -0.15) is 0 Å². The number of rotatable bonds is 1. The fourth-order valence-corrected chi connectivity index (χ4v) is 2.57. The molecule has 2 heterocycles. The van der Waals surface area contributed by atoms with Crippen molar-refractivity contribution in [1.82, 2.24) is 4.90 Å². The third-order valence-corrected chi connectivity index (χ3v) is 3.64. The highest BCUT2D eigenvalue weighted by molar-refractivity contribution is 5.85. The molecule has 0 spiro atoms. The first-order valence-corrected chi connectivity index (χ1v) is 5.86. The Morgan fingerprint density at radius 3 is 2.47 bits per heavy atom. The van der Waals surface area contributed by atoms with E-state index in [0.29, 0.717) is 0 Å². The van der Waals surface area contributed by atoms with E-state index < -0.39 is 5.60 Å². The molecule has 2 rings (SSSR count). The average Bonchev–Trinajstić information content (AvgIpc) is 2.72. The lowest BCUT2D eigenvalue weighted by Gasteiger charge is -2.29. The molecule has 0 aromatic rings. The fraction of sp³-hybridized carbons (Fsp3) is 0.917. The largest absolute Gasteiger partial charge is 0.365 e. The van der Waals surface area contributed by atoms with Gasteiger partial charge in [-0.3, -0.25) is 4.79 Å². The summed E-state index contributed by atoms with van der Waals surface area (Å²) in [6.07, 6.45) is 3.00. The van der Waals surface area contributed by atoms with Crippen LogP contribution in [0.25, 0.3) is 0 Å². The van der Waals surface area contributed by atoms with Gasteiger partial charge in [0.25, 0.3) is 5.91 Å². The van der Waals surface area contributed by atoms with Crippen LogP contribution in [0.5, 0.6) is 0 Å². The number of carbonyl (C=O) groups excluding carboxylic acids is 1. The summed E-state index contributed by atoms with van der Waals surface area (Å²) < 4.78 is 5.59. The van der Waals surface area contributed by atoms with Gasteiger partial charge in [0.2, 0.25) is 0 Å². The van der Waals surface area contributed by atoms with E-state index in [1.165, 1.54) is 0 Å². The van der Waals surface area contributed by atoms with Crippen LogP contribution in [0.1, 0.15) is 40.0 Å². The van der Waals surface area contributed by atoms with E-state index in [1.807, 2.05) is 11.8 Å². The zero-order valence-corrected chi connectivity index (χ0v) is 10.0. The van der Waals surface area contributed by atoms with Crippen LogP contribution in [-0.2, 0) is 9.53 Å². The van der Waals surface area contributed by atoms with E-state index >= 15 is 0 Å². The van der Waals surface area contributed by atoms with Crippen LogP contribution in [0.3, 0.4) is 0 Å². The van der Waals surface area contributed by atoms with Crippen molar-refractivity contribution in [1.29, 1.82) is 0 Å². The molecular weight excluding hydrogens is 190 g/mol. The summed E-state index contributed by atoms with van der Waals surface area (Å²) in [5.41, 5.74) is -0.245. The van der Waals surface area contributed by atoms with Gasteiger partial charge in [-0.25, -0.2) is 0 Å². The molecule has 86 valence electrons. The number of amides is 1. The Balaban J connectivity index is 2.03. The Morgan fingerprint density at radius 2 is 2.00 bits per heavy atom. The van der Waals surface area contributed by atoms with E-state index in [-0.39, 0.29) is 11.3 Å². The molecule has 0 aromatic carbocycles. The maximum absolute atomic E-state index is 12.3. The lowest BCUT2D eigenvalue weighted by molar-refractivity contribution is -0.150. The smallest absolute Gasteiger partial charge is 0.254 e. The van der Waals surface area contributed by atoms with Crippen molar-refractivity contribution >= 4 is 5.91 Å². The molecule has 2 fully saturated rings. The summed E-state index contributed by atoms with van der Waals surface area (Å²) in [5, 5.41) is 0. The Morgan fingerprint density at radius 1 is 1.27 bits per heavy atom. The third kappa shape index (κ3) is 2.03. The highest BCUT2D eigenvalue weighted by Crippen LogP contribution is 2.33. The number of nitrogens with zero attached hydrogens (tertiary/aromatic N) is 1. The molecular formula is C12H21NO2. The first kappa shape index (κ1) is 10.9. The highest BCUT2D eigenvalue weighted by Gasteiger charge is 2.43. The highest BCUT2D eigenvalue weighted by atomic mass is 16.5. The van der Waals surface area contributed by atoms with Crippen LogP contribution in [0.15, 0.2) is 0 Å². The molecule has 2 aliphatic heterocycles. The zero-order chi connectivity index (χ0) is 11.1. The minimum Gasteiger partial charge on any atom is -0.365 e. The molecule has 1 atom stereocenters. The van der Waals surface area contributed by atoms with E-state index in [4.69, 9.17) is 4.74 Å². The Labute approximate surface area is 91.8 Å². The average molecular weight is 211 g/mol. The van der Waals surface area contributed by atoms with E-state index in [0.717, 1.165) is 39.0 Å². The molecule has 0 N–H and O–H groups in total. The number of hydrogen-bond donors (Lipinski definition) is 0. The van der Waals surface area contributed by atoms with Gasteiger partial charge in [0.15, 0.2) is 0 Å². The van der Waals surface area contributed by atoms with Crippen LogP contribution in [0.4, 0.5) is 0 Å². The predicted molar refractivity (Wildman–Crippen MR) is 58.6 cm³/mol. The minimum absolute atomic E-state index is 0.200. The minimum atomic E-state index is -0.527. The van der Waals surface area contributed by atoms with Crippen LogP contribution in [-0.4, -0.2) is 36.1 Å². The van der Waals surface area contributed by atoms with Crippen molar-refractivity contribution in [2.24, 2.45) is 5.41 Å². The summed E-state index contributed by atoms with van der Waals surface area (Å²) in [4.78, 5) is 14.2. The van der Waals surface area contributed by atoms with Crippen LogP contribution >= 0.6 is 0 Å². The second-order valence-electron chi connectivity index (χ2n) is 5.82. The van der Waals surface area contributed by atoms with E-state index in [1.54, 1.807) is 0 Å². The van der Waals surface area contributed by atoms with Gasteiger partial charge < -0.3 is 9.64 Å². The molecule has 1 amide bonds. The molecule has 0 aromatic heterocycles. The van der Waals surface area contributed by atoms with Crippen LogP contribution < -0.4 is 0 Å². The van der Waals surface area contributed by atoms with Crippen molar-refractivity contribution in [3.63, 3.8) is 0 Å². The van der Waals surface area contributed by atoms with Gasteiger partial charge in [0.05, 0.1) is 0 Å². The predicted octanol–water partition coefficient (Wildman–Crippen LogP) is 1.81. The van der Waals surface area contributed by atoms with Crippen LogP contribution in [0.2, 0.25) is 0 Å².